The maximum atomic E-state index is 11.4. The van der Waals surface area contributed by atoms with E-state index in [-0.39, 0.29) is 5.91 Å². The SMILES string of the molecule is NNC(=O)c1cccc(Oc2cc[c]c(Cl)c2)c1. The molecule has 91 valence electrons. The van der Waals surface area contributed by atoms with Crippen LogP contribution < -0.4 is 16.0 Å². The summed E-state index contributed by atoms with van der Waals surface area (Å²) in [4.78, 5) is 11.4. The summed E-state index contributed by atoms with van der Waals surface area (Å²) in [6, 6.07) is 14.5. The first-order valence-electron chi connectivity index (χ1n) is 5.15. The molecule has 18 heavy (non-hydrogen) atoms. The average Bonchev–Trinajstić information content (AvgIpc) is 2.38. The largest absolute Gasteiger partial charge is 0.457 e. The standard InChI is InChI=1S/C13H10ClN2O2/c14-10-4-2-6-12(8-10)18-11-5-1-3-9(7-11)13(17)16-15/h1-3,5-8H,15H2,(H,16,17). The van der Waals surface area contributed by atoms with E-state index in [0.29, 0.717) is 22.1 Å². The maximum absolute atomic E-state index is 11.4. The van der Waals surface area contributed by atoms with Crippen LogP contribution in [0.1, 0.15) is 10.4 Å². The lowest BCUT2D eigenvalue weighted by Gasteiger charge is -2.07. The van der Waals surface area contributed by atoms with E-state index < -0.39 is 0 Å². The molecule has 0 aliphatic carbocycles. The van der Waals surface area contributed by atoms with Crippen molar-refractivity contribution in [1.29, 1.82) is 0 Å². The number of halogens is 1. The molecule has 3 N–H and O–H groups in total. The Morgan fingerprint density at radius 3 is 2.78 bits per heavy atom. The molecule has 2 rings (SSSR count). The summed E-state index contributed by atoms with van der Waals surface area (Å²) in [5, 5.41) is 0.461. The number of nitrogen functional groups attached to an aromatic ring is 1. The zero-order chi connectivity index (χ0) is 13.0. The Bertz CT molecular complexity index is 572. The quantitative estimate of drug-likeness (QED) is 0.507. The summed E-state index contributed by atoms with van der Waals surface area (Å²) in [6.45, 7) is 0. The third-order valence-electron chi connectivity index (χ3n) is 2.20. The molecular formula is C13H10ClN2O2. The topological polar surface area (TPSA) is 64.3 Å². The lowest BCUT2D eigenvalue weighted by molar-refractivity contribution is 0.0953. The van der Waals surface area contributed by atoms with Crippen LogP contribution >= 0.6 is 11.6 Å². The number of nitrogens with two attached hydrogens (primary N) is 1. The Balaban J connectivity index is 2.22. The molecule has 0 unspecified atom stereocenters. The van der Waals surface area contributed by atoms with Gasteiger partial charge < -0.3 is 4.74 Å². The number of ether oxygens (including phenoxy) is 1. The van der Waals surface area contributed by atoms with Gasteiger partial charge in [-0.3, -0.25) is 10.2 Å². The van der Waals surface area contributed by atoms with E-state index in [1.54, 1.807) is 42.5 Å². The van der Waals surface area contributed by atoms with Gasteiger partial charge >= 0.3 is 0 Å². The van der Waals surface area contributed by atoms with Gasteiger partial charge in [-0.2, -0.15) is 0 Å². The highest BCUT2D eigenvalue weighted by molar-refractivity contribution is 6.30. The number of carbonyl (C=O) groups is 1. The summed E-state index contributed by atoms with van der Waals surface area (Å²) in [6.07, 6.45) is 0. The number of hydrazine groups is 1. The van der Waals surface area contributed by atoms with Gasteiger partial charge in [0.05, 0.1) is 5.02 Å². The van der Waals surface area contributed by atoms with Crippen molar-refractivity contribution < 1.29 is 9.53 Å². The van der Waals surface area contributed by atoms with Gasteiger partial charge in [0.1, 0.15) is 11.5 Å². The van der Waals surface area contributed by atoms with Crippen molar-refractivity contribution in [3.63, 3.8) is 0 Å². The molecule has 0 aliphatic rings. The third kappa shape index (κ3) is 3.00. The Morgan fingerprint density at radius 1 is 1.28 bits per heavy atom. The Labute approximate surface area is 109 Å². The van der Waals surface area contributed by atoms with Crippen LogP contribution in [0.2, 0.25) is 5.02 Å². The molecule has 0 saturated carbocycles. The minimum atomic E-state index is -0.375. The van der Waals surface area contributed by atoms with Crippen molar-refractivity contribution in [3.05, 3.63) is 59.1 Å². The number of hydrogen-bond donors (Lipinski definition) is 2. The minimum absolute atomic E-state index is 0.375. The zero-order valence-electron chi connectivity index (χ0n) is 9.31. The Kier molecular flexibility index (Phi) is 3.82. The number of rotatable bonds is 3. The van der Waals surface area contributed by atoms with Crippen molar-refractivity contribution in [2.24, 2.45) is 5.84 Å². The molecule has 4 nitrogen and oxygen atoms in total. The molecule has 1 amide bonds. The molecule has 0 fully saturated rings. The predicted octanol–water partition coefficient (Wildman–Crippen LogP) is 2.54. The fraction of sp³-hybridized carbons (Fsp3) is 0. The third-order valence-corrected chi connectivity index (χ3v) is 2.42. The first-order chi connectivity index (χ1) is 8.69. The first kappa shape index (κ1) is 12.4. The van der Waals surface area contributed by atoms with E-state index in [9.17, 15) is 4.79 Å². The van der Waals surface area contributed by atoms with E-state index in [0.717, 1.165) is 0 Å². The van der Waals surface area contributed by atoms with E-state index in [1.165, 1.54) is 0 Å². The van der Waals surface area contributed by atoms with Gasteiger partial charge in [0.2, 0.25) is 0 Å². The molecule has 0 saturated heterocycles. The van der Waals surface area contributed by atoms with Crippen LogP contribution in [-0.4, -0.2) is 5.91 Å². The average molecular weight is 262 g/mol. The molecule has 0 heterocycles. The summed E-state index contributed by atoms with van der Waals surface area (Å²) in [5.74, 6) is 5.79. The van der Waals surface area contributed by atoms with Gasteiger partial charge in [-0.1, -0.05) is 17.7 Å². The maximum Gasteiger partial charge on any atom is 0.265 e. The summed E-state index contributed by atoms with van der Waals surface area (Å²) >= 11 is 5.80. The van der Waals surface area contributed by atoms with Crippen LogP contribution in [0.15, 0.2) is 42.5 Å². The Morgan fingerprint density at radius 2 is 2.06 bits per heavy atom. The summed E-state index contributed by atoms with van der Waals surface area (Å²) in [7, 11) is 0. The minimum Gasteiger partial charge on any atom is -0.457 e. The van der Waals surface area contributed by atoms with Crippen LogP contribution in [-0.2, 0) is 0 Å². The van der Waals surface area contributed by atoms with Gasteiger partial charge in [-0.15, -0.1) is 0 Å². The van der Waals surface area contributed by atoms with Crippen molar-refractivity contribution in [1.82, 2.24) is 5.43 Å². The number of benzene rings is 2. The van der Waals surface area contributed by atoms with Crippen LogP contribution in [0.3, 0.4) is 0 Å². The summed E-state index contributed by atoms with van der Waals surface area (Å²) < 4.78 is 5.57. The number of nitrogens with one attached hydrogen (secondary N) is 1. The molecule has 0 aliphatic heterocycles. The van der Waals surface area contributed by atoms with E-state index in [4.69, 9.17) is 22.2 Å². The highest BCUT2D eigenvalue weighted by Gasteiger charge is 2.05. The van der Waals surface area contributed by atoms with Crippen LogP contribution in [0.5, 0.6) is 11.5 Å². The van der Waals surface area contributed by atoms with E-state index in [1.807, 2.05) is 0 Å². The highest BCUT2D eigenvalue weighted by atomic mass is 35.5. The molecular weight excluding hydrogens is 252 g/mol. The zero-order valence-corrected chi connectivity index (χ0v) is 10.1. The normalized spacial score (nSPS) is 9.89. The molecule has 0 atom stereocenters. The summed E-state index contributed by atoms with van der Waals surface area (Å²) in [5.41, 5.74) is 2.48. The van der Waals surface area contributed by atoms with Gasteiger partial charge in [0.15, 0.2) is 0 Å². The van der Waals surface area contributed by atoms with Gasteiger partial charge in [-0.25, -0.2) is 5.84 Å². The number of carbonyl (C=O) groups excluding carboxylic acids is 1. The van der Waals surface area contributed by atoms with Crippen molar-refractivity contribution in [2.75, 3.05) is 0 Å². The second-order valence-electron chi connectivity index (χ2n) is 3.48. The van der Waals surface area contributed by atoms with Crippen LogP contribution in [0.25, 0.3) is 0 Å². The lowest BCUT2D eigenvalue weighted by Crippen LogP contribution is -2.29. The molecule has 1 radical (unpaired) electrons. The molecule has 0 aromatic heterocycles. The lowest BCUT2D eigenvalue weighted by atomic mass is 10.2. The fourth-order valence-electron chi connectivity index (χ4n) is 1.40. The second-order valence-corrected chi connectivity index (χ2v) is 3.88. The first-order valence-corrected chi connectivity index (χ1v) is 5.53. The predicted molar refractivity (Wildman–Crippen MR) is 68.5 cm³/mol. The van der Waals surface area contributed by atoms with Gasteiger partial charge in [0, 0.05) is 17.7 Å². The molecule has 2 aromatic rings. The molecule has 0 spiro atoms. The molecule has 2 aromatic carbocycles. The van der Waals surface area contributed by atoms with Crippen LogP contribution in [0.4, 0.5) is 0 Å². The molecule has 5 heteroatoms. The van der Waals surface area contributed by atoms with Crippen molar-refractivity contribution in [2.45, 2.75) is 0 Å². The van der Waals surface area contributed by atoms with Crippen molar-refractivity contribution >= 4 is 17.5 Å². The van der Waals surface area contributed by atoms with E-state index >= 15 is 0 Å². The highest BCUT2D eigenvalue weighted by Crippen LogP contribution is 2.24. The van der Waals surface area contributed by atoms with Crippen LogP contribution in [0, 0.1) is 6.07 Å². The second kappa shape index (κ2) is 5.53. The van der Waals surface area contributed by atoms with Crippen molar-refractivity contribution in [3.8, 4) is 11.5 Å². The Hall–Kier alpha value is -2.04. The number of hydrogen-bond acceptors (Lipinski definition) is 3. The number of amides is 1. The smallest absolute Gasteiger partial charge is 0.265 e. The molecule has 0 bridgehead atoms. The van der Waals surface area contributed by atoms with Gasteiger partial charge in [-0.05, 0) is 30.3 Å². The van der Waals surface area contributed by atoms with Gasteiger partial charge in [0.25, 0.3) is 5.91 Å². The fourth-order valence-corrected chi connectivity index (χ4v) is 1.57. The monoisotopic (exact) mass is 261 g/mol. The van der Waals surface area contributed by atoms with E-state index in [2.05, 4.69) is 11.5 Å².